The second kappa shape index (κ2) is 7.62. The molecule has 2 aromatic rings. The molecule has 0 amide bonds. The highest BCUT2D eigenvalue weighted by Gasteiger charge is 2.33. The molecule has 0 bridgehead atoms. The number of nitro benzene ring substituents is 1. The number of hydrogen-bond acceptors (Lipinski definition) is 6. The molecule has 25 heavy (non-hydrogen) atoms. The number of hydrogen-bond donors (Lipinski definition) is 0. The van der Waals surface area contributed by atoms with Gasteiger partial charge in [0.2, 0.25) is 0 Å². The number of nitrogens with zero attached hydrogens (tertiary/aromatic N) is 2. The highest BCUT2D eigenvalue weighted by molar-refractivity contribution is 9.10. The number of sulfonamides is 1. The van der Waals surface area contributed by atoms with Crippen LogP contribution in [0.1, 0.15) is 0 Å². The van der Waals surface area contributed by atoms with Gasteiger partial charge in [0.15, 0.2) is 4.90 Å². The van der Waals surface area contributed by atoms with E-state index in [-0.39, 0.29) is 5.69 Å². The lowest BCUT2D eigenvalue weighted by molar-refractivity contribution is -0.387. The van der Waals surface area contributed by atoms with Gasteiger partial charge in [-0.1, -0.05) is 34.1 Å². The van der Waals surface area contributed by atoms with Crippen molar-refractivity contribution in [3.8, 4) is 0 Å². The number of halogens is 1. The van der Waals surface area contributed by atoms with Gasteiger partial charge < -0.3 is 4.74 Å². The average Bonchev–Trinajstić information content (AvgIpc) is 2.59. The van der Waals surface area contributed by atoms with Gasteiger partial charge in [0.05, 0.1) is 17.7 Å². The van der Waals surface area contributed by atoms with Crippen LogP contribution in [0.2, 0.25) is 0 Å². The number of carbonyl (C=O) groups excluding carboxylic acids is 1. The molecule has 0 aromatic heterocycles. The van der Waals surface area contributed by atoms with Crippen LogP contribution in [0.25, 0.3) is 0 Å². The number of nitro groups is 1. The van der Waals surface area contributed by atoms with Gasteiger partial charge in [0.1, 0.15) is 6.54 Å². The van der Waals surface area contributed by atoms with Crippen LogP contribution in [-0.4, -0.2) is 33.0 Å². The molecule has 0 aliphatic carbocycles. The first-order chi connectivity index (χ1) is 11.8. The number of carbonyl (C=O) groups is 1. The maximum atomic E-state index is 13.0. The van der Waals surface area contributed by atoms with Crippen molar-refractivity contribution >= 4 is 43.3 Å². The van der Waals surface area contributed by atoms with Crippen LogP contribution in [0.3, 0.4) is 0 Å². The summed E-state index contributed by atoms with van der Waals surface area (Å²) in [6.07, 6.45) is 0. The van der Waals surface area contributed by atoms with Crippen molar-refractivity contribution in [3.05, 3.63) is 63.1 Å². The summed E-state index contributed by atoms with van der Waals surface area (Å²) >= 11 is 3.23. The summed E-state index contributed by atoms with van der Waals surface area (Å²) in [5.74, 6) is -0.804. The van der Waals surface area contributed by atoms with Crippen molar-refractivity contribution in [1.82, 2.24) is 0 Å². The van der Waals surface area contributed by atoms with Gasteiger partial charge in [-0.15, -0.1) is 0 Å². The molecule has 0 N–H and O–H groups in total. The summed E-state index contributed by atoms with van der Waals surface area (Å²) in [7, 11) is -3.26. The van der Waals surface area contributed by atoms with E-state index in [1.807, 2.05) is 0 Å². The molecule has 0 unspecified atom stereocenters. The molecule has 0 radical (unpaired) electrons. The van der Waals surface area contributed by atoms with Gasteiger partial charge in [0, 0.05) is 10.5 Å². The fourth-order valence-corrected chi connectivity index (χ4v) is 4.02. The van der Waals surface area contributed by atoms with Gasteiger partial charge in [-0.25, -0.2) is 8.42 Å². The Morgan fingerprint density at radius 2 is 1.92 bits per heavy atom. The summed E-state index contributed by atoms with van der Waals surface area (Å²) in [5, 5.41) is 11.2. The summed E-state index contributed by atoms with van der Waals surface area (Å²) in [4.78, 5) is 21.6. The summed E-state index contributed by atoms with van der Waals surface area (Å²) in [6, 6.07) is 11.2. The smallest absolute Gasteiger partial charge is 0.326 e. The van der Waals surface area contributed by atoms with Crippen molar-refractivity contribution in [3.63, 3.8) is 0 Å². The normalized spacial score (nSPS) is 11.0. The molecule has 0 fully saturated rings. The van der Waals surface area contributed by atoms with Crippen LogP contribution in [0, 0.1) is 10.1 Å². The molecule has 0 heterocycles. The number of benzene rings is 2. The Morgan fingerprint density at radius 3 is 2.52 bits per heavy atom. The predicted molar refractivity (Wildman–Crippen MR) is 93.8 cm³/mol. The third kappa shape index (κ3) is 4.15. The second-order valence-corrected chi connectivity index (χ2v) is 7.54. The van der Waals surface area contributed by atoms with E-state index < -0.39 is 38.0 Å². The lowest BCUT2D eigenvalue weighted by Crippen LogP contribution is -2.36. The van der Waals surface area contributed by atoms with Crippen molar-refractivity contribution < 1.29 is 22.9 Å². The maximum Gasteiger partial charge on any atom is 0.326 e. The highest BCUT2D eigenvalue weighted by Crippen LogP contribution is 2.30. The van der Waals surface area contributed by atoms with E-state index in [1.165, 1.54) is 24.3 Å². The lowest BCUT2D eigenvalue weighted by Gasteiger charge is -2.23. The number of ether oxygens (including phenoxy) is 1. The van der Waals surface area contributed by atoms with Crippen LogP contribution in [0.15, 0.2) is 57.9 Å². The number of para-hydroxylation sites is 1. The highest BCUT2D eigenvalue weighted by atomic mass is 79.9. The van der Waals surface area contributed by atoms with E-state index >= 15 is 0 Å². The molecule has 8 nitrogen and oxygen atoms in total. The fourth-order valence-electron chi connectivity index (χ4n) is 2.07. The van der Waals surface area contributed by atoms with Gasteiger partial charge in [0.25, 0.3) is 15.7 Å². The SMILES string of the molecule is COC(=O)CN(c1cccc(Br)c1)S(=O)(=O)c1ccccc1[N+](=O)[O-]. The van der Waals surface area contributed by atoms with Crippen molar-refractivity contribution in [1.29, 1.82) is 0 Å². The summed E-state index contributed by atoms with van der Waals surface area (Å²) in [5.41, 5.74) is -0.412. The van der Waals surface area contributed by atoms with E-state index in [4.69, 9.17) is 0 Å². The first kappa shape index (κ1) is 18.9. The Bertz CT molecular complexity index is 916. The number of esters is 1. The van der Waals surface area contributed by atoms with Gasteiger partial charge >= 0.3 is 5.97 Å². The van der Waals surface area contributed by atoms with Crippen molar-refractivity contribution in [2.75, 3.05) is 18.0 Å². The standard InChI is InChI=1S/C15H13BrN2O6S/c1-24-15(19)10-17(12-6-4-5-11(16)9-12)25(22,23)14-8-3-2-7-13(14)18(20)21/h2-9H,10H2,1H3. The van der Waals surface area contributed by atoms with Crippen LogP contribution in [0.5, 0.6) is 0 Å². The van der Waals surface area contributed by atoms with E-state index in [0.717, 1.165) is 23.5 Å². The third-order valence-corrected chi connectivity index (χ3v) is 5.54. The van der Waals surface area contributed by atoms with E-state index in [9.17, 15) is 23.3 Å². The minimum Gasteiger partial charge on any atom is -0.468 e. The lowest BCUT2D eigenvalue weighted by atomic mass is 10.3. The Labute approximate surface area is 152 Å². The Kier molecular flexibility index (Phi) is 5.75. The zero-order valence-corrected chi connectivity index (χ0v) is 15.4. The van der Waals surface area contributed by atoms with Crippen LogP contribution in [0.4, 0.5) is 11.4 Å². The minimum absolute atomic E-state index is 0.165. The summed E-state index contributed by atoms with van der Waals surface area (Å²) in [6.45, 7) is -0.624. The van der Waals surface area contributed by atoms with Crippen LogP contribution < -0.4 is 4.31 Å². The van der Waals surface area contributed by atoms with Crippen molar-refractivity contribution in [2.24, 2.45) is 0 Å². The first-order valence-electron chi connectivity index (χ1n) is 6.86. The second-order valence-electron chi connectivity index (χ2n) is 4.79. The molecule has 0 spiro atoms. The number of methoxy groups -OCH3 is 1. The molecule has 0 aliphatic heterocycles. The van der Waals surface area contributed by atoms with E-state index in [1.54, 1.807) is 12.1 Å². The number of anilines is 1. The molecule has 10 heteroatoms. The molecular formula is C15H13BrN2O6S. The van der Waals surface area contributed by atoms with Gasteiger partial charge in [-0.3, -0.25) is 19.2 Å². The molecule has 2 rings (SSSR count). The van der Waals surface area contributed by atoms with E-state index in [0.29, 0.717) is 4.47 Å². The third-order valence-electron chi connectivity index (χ3n) is 3.23. The molecule has 2 aromatic carbocycles. The molecule has 0 atom stereocenters. The predicted octanol–water partition coefficient (Wildman–Crippen LogP) is 2.73. The Hall–Kier alpha value is -2.46. The number of rotatable bonds is 6. The van der Waals surface area contributed by atoms with Crippen LogP contribution >= 0.6 is 15.9 Å². The molecular weight excluding hydrogens is 416 g/mol. The minimum atomic E-state index is -4.38. The van der Waals surface area contributed by atoms with Crippen LogP contribution in [-0.2, 0) is 19.6 Å². The fraction of sp³-hybridized carbons (Fsp3) is 0.133. The zero-order valence-electron chi connectivity index (χ0n) is 13.0. The molecule has 0 saturated carbocycles. The average molecular weight is 429 g/mol. The first-order valence-corrected chi connectivity index (χ1v) is 9.09. The largest absolute Gasteiger partial charge is 0.468 e. The van der Waals surface area contributed by atoms with Gasteiger partial charge in [-0.2, -0.15) is 0 Å². The quantitative estimate of drug-likeness (QED) is 0.397. The summed E-state index contributed by atoms with van der Waals surface area (Å²) < 4.78 is 31.9. The molecule has 0 aliphatic rings. The maximum absolute atomic E-state index is 13.0. The molecule has 132 valence electrons. The monoisotopic (exact) mass is 428 g/mol. The Balaban J connectivity index is 2.64. The zero-order chi connectivity index (χ0) is 18.6. The Morgan fingerprint density at radius 1 is 1.24 bits per heavy atom. The topological polar surface area (TPSA) is 107 Å². The molecule has 0 saturated heterocycles. The van der Waals surface area contributed by atoms with E-state index in [2.05, 4.69) is 20.7 Å². The van der Waals surface area contributed by atoms with Crippen molar-refractivity contribution in [2.45, 2.75) is 4.90 Å². The van der Waals surface area contributed by atoms with Gasteiger partial charge in [-0.05, 0) is 24.3 Å².